The van der Waals surface area contributed by atoms with Crippen LogP contribution >= 0.6 is 0 Å². The number of carbonyl (C=O) groups is 1. The maximum Gasteiger partial charge on any atom is 0.303 e. The fraction of sp³-hybridized carbons (Fsp3) is 0.612. The summed E-state index contributed by atoms with van der Waals surface area (Å²) in [5.74, 6) is 5.96. The molecule has 11 heteroatoms. The van der Waals surface area contributed by atoms with Crippen molar-refractivity contribution in [3.05, 3.63) is 88.0 Å². The van der Waals surface area contributed by atoms with E-state index < -0.39 is 48.6 Å². The lowest BCUT2D eigenvalue weighted by Gasteiger charge is -2.38. The minimum Gasteiger partial charge on any atom is -0.508 e. The average molecular weight is 833 g/mol. The predicted octanol–water partition coefficient (Wildman–Crippen LogP) is 5.24. The molecule has 332 valence electrons. The zero-order valence-electron chi connectivity index (χ0n) is 36.0. The highest BCUT2D eigenvalue weighted by molar-refractivity contribution is 5.67. The molecule has 0 aliphatic carbocycles. The first-order valence-electron chi connectivity index (χ1n) is 22.2. The largest absolute Gasteiger partial charge is 0.508 e. The summed E-state index contributed by atoms with van der Waals surface area (Å²) in [6.07, 6.45) is 9.06. The minimum atomic E-state index is -1.42. The lowest BCUT2D eigenvalue weighted by molar-refractivity contribution is -0.138. The van der Waals surface area contributed by atoms with Crippen LogP contribution in [0.25, 0.3) is 0 Å². The molecule has 1 saturated heterocycles. The number of aliphatic hydroxyl groups is 6. The molecule has 0 amide bonds. The molecule has 2 aromatic rings. The predicted molar refractivity (Wildman–Crippen MR) is 235 cm³/mol. The van der Waals surface area contributed by atoms with Crippen LogP contribution in [0.2, 0.25) is 0 Å². The molecular formula is C49H72N2O9. The molecule has 2 aliphatic heterocycles. The molecule has 2 heterocycles. The van der Waals surface area contributed by atoms with Crippen molar-refractivity contribution >= 4 is 5.97 Å². The zero-order valence-corrected chi connectivity index (χ0v) is 36.0. The summed E-state index contributed by atoms with van der Waals surface area (Å²) in [7, 11) is 0. The van der Waals surface area contributed by atoms with Crippen LogP contribution in [0.5, 0.6) is 5.75 Å². The van der Waals surface area contributed by atoms with Crippen LogP contribution < -0.4 is 10.6 Å². The highest BCUT2D eigenvalue weighted by atomic mass is 16.4. The number of hydrogen-bond donors (Lipinski definition) is 10. The van der Waals surface area contributed by atoms with E-state index in [0.717, 1.165) is 65.5 Å². The Bertz CT molecular complexity index is 1760. The van der Waals surface area contributed by atoms with Gasteiger partial charge in [0.05, 0.1) is 30.5 Å². The van der Waals surface area contributed by atoms with E-state index in [0.29, 0.717) is 44.9 Å². The summed E-state index contributed by atoms with van der Waals surface area (Å²) in [5.41, 5.74) is 3.60. The number of phenolic OH excluding ortho intramolecular Hbond substituents is 1. The average Bonchev–Trinajstić information content (AvgIpc) is 3.38. The Morgan fingerprint density at radius 3 is 2.53 bits per heavy atom. The highest BCUT2D eigenvalue weighted by Crippen LogP contribution is 2.32. The number of aliphatic hydroxyl groups excluding tert-OH is 5. The summed E-state index contributed by atoms with van der Waals surface area (Å²) >= 11 is 0. The van der Waals surface area contributed by atoms with Crippen molar-refractivity contribution in [1.29, 1.82) is 0 Å². The second-order valence-electron chi connectivity index (χ2n) is 17.4. The van der Waals surface area contributed by atoms with Gasteiger partial charge in [0.1, 0.15) is 5.75 Å². The Balaban J connectivity index is 1.86. The van der Waals surface area contributed by atoms with Gasteiger partial charge in [-0.15, -0.1) is 0 Å². The number of unbranched alkanes of at least 4 members (excludes halogenated alkanes) is 1. The third kappa shape index (κ3) is 15.4. The van der Waals surface area contributed by atoms with Crippen molar-refractivity contribution in [2.75, 3.05) is 13.2 Å². The molecule has 2 aromatic carbocycles. The molecule has 9 atom stereocenters. The molecule has 1 fully saturated rings. The Labute approximate surface area is 357 Å². The normalized spacial score (nSPS) is 24.2. The van der Waals surface area contributed by atoms with E-state index in [1.54, 1.807) is 31.2 Å². The fourth-order valence-corrected chi connectivity index (χ4v) is 8.98. The number of allylic oxidation sites excluding steroid dienone is 2. The smallest absolute Gasteiger partial charge is 0.303 e. The van der Waals surface area contributed by atoms with E-state index in [9.17, 15) is 45.6 Å². The minimum absolute atomic E-state index is 0.0138. The quantitative estimate of drug-likeness (QED) is 0.0783. The van der Waals surface area contributed by atoms with E-state index in [2.05, 4.69) is 29.4 Å². The molecule has 0 bridgehead atoms. The third-order valence-electron chi connectivity index (χ3n) is 12.4. The highest BCUT2D eigenvalue weighted by Gasteiger charge is 2.36. The molecular weight excluding hydrogens is 761 g/mol. The zero-order chi connectivity index (χ0) is 43.7. The van der Waals surface area contributed by atoms with Gasteiger partial charge in [0.15, 0.2) is 0 Å². The molecule has 2 aliphatic rings. The van der Waals surface area contributed by atoms with Gasteiger partial charge < -0.3 is 51.5 Å². The van der Waals surface area contributed by atoms with E-state index in [4.69, 9.17) is 0 Å². The first kappa shape index (κ1) is 49.1. The van der Waals surface area contributed by atoms with Gasteiger partial charge in [-0.1, -0.05) is 80.9 Å². The van der Waals surface area contributed by atoms with Gasteiger partial charge in [-0.25, -0.2) is 0 Å². The van der Waals surface area contributed by atoms with Crippen LogP contribution in [-0.4, -0.2) is 108 Å². The number of nitrogens with one attached hydrogen (secondary N) is 2. The SMILES string of the molecule is CCCC[C@H](O)[C@H](O)C=CC1=C(C[C@H](O)CO)[C@H](CCC[C@H]2N[C@@H](C)CCC[C@@H]2CC(=O)O)N[C@@H]([C@@](C)(O)Cc2ccc(O)cc2CCO)CC#Cc2ccccc2CC1. The van der Waals surface area contributed by atoms with E-state index in [1.807, 2.05) is 37.3 Å². The molecule has 0 unspecified atom stereocenters. The molecule has 0 spiro atoms. The summed E-state index contributed by atoms with van der Waals surface area (Å²) in [6.45, 7) is 5.32. The summed E-state index contributed by atoms with van der Waals surface area (Å²) in [6, 6.07) is 12.0. The molecule has 0 aromatic heterocycles. The van der Waals surface area contributed by atoms with Gasteiger partial charge in [-0.2, -0.15) is 0 Å². The van der Waals surface area contributed by atoms with Crippen LogP contribution in [0, 0.1) is 17.8 Å². The van der Waals surface area contributed by atoms with Gasteiger partial charge in [0.25, 0.3) is 0 Å². The van der Waals surface area contributed by atoms with Gasteiger partial charge in [-0.3, -0.25) is 4.79 Å². The number of carboxylic acid groups (broad SMARTS) is 1. The van der Waals surface area contributed by atoms with Crippen LogP contribution in [0.3, 0.4) is 0 Å². The molecule has 0 radical (unpaired) electrons. The monoisotopic (exact) mass is 833 g/mol. The first-order chi connectivity index (χ1) is 28.7. The number of hydrogen-bond acceptors (Lipinski definition) is 10. The van der Waals surface area contributed by atoms with Crippen LogP contribution in [-0.2, 0) is 24.1 Å². The number of aromatic hydroxyl groups is 1. The van der Waals surface area contributed by atoms with E-state index in [1.165, 1.54) is 0 Å². The van der Waals surface area contributed by atoms with E-state index >= 15 is 0 Å². The van der Waals surface area contributed by atoms with Crippen LogP contribution in [0.4, 0.5) is 0 Å². The lowest BCUT2D eigenvalue weighted by Crippen LogP contribution is -2.54. The van der Waals surface area contributed by atoms with Gasteiger partial charge in [-0.05, 0) is 124 Å². The van der Waals surface area contributed by atoms with Crippen molar-refractivity contribution < 1.29 is 45.6 Å². The maximum absolute atomic E-state index is 12.6. The number of fused-ring (bicyclic) bond motifs is 1. The Morgan fingerprint density at radius 2 is 1.80 bits per heavy atom. The van der Waals surface area contributed by atoms with Gasteiger partial charge in [0, 0.05) is 55.6 Å². The molecule has 11 nitrogen and oxygen atoms in total. The summed E-state index contributed by atoms with van der Waals surface area (Å²) in [4.78, 5) is 12.0. The van der Waals surface area contributed by atoms with Crippen LogP contribution in [0.15, 0.2) is 65.8 Å². The van der Waals surface area contributed by atoms with Gasteiger partial charge in [0.2, 0.25) is 0 Å². The topological polar surface area (TPSA) is 203 Å². The maximum atomic E-state index is 12.6. The van der Waals surface area contributed by atoms with Crippen molar-refractivity contribution in [1.82, 2.24) is 10.6 Å². The molecule has 4 rings (SSSR count). The molecule has 10 N–H and O–H groups in total. The summed E-state index contributed by atoms with van der Waals surface area (Å²) < 4.78 is 0. The van der Waals surface area contributed by atoms with E-state index in [-0.39, 0.29) is 56.0 Å². The molecule has 0 saturated carbocycles. The number of phenols is 1. The number of benzene rings is 2. The Morgan fingerprint density at radius 1 is 1.02 bits per heavy atom. The van der Waals surface area contributed by atoms with Crippen molar-refractivity contribution in [2.24, 2.45) is 5.92 Å². The Kier molecular flexibility index (Phi) is 20.3. The fourth-order valence-electron chi connectivity index (χ4n) is 8.98. The lowest BCUT2D eigenvalue weighted by atomic mass is 9.82. The van der Waals surface area contributed by atoms with Crippen LogP contribution in [0.1, 0.15) is 126 Å². The third-order valence-corrected chi connectivity index (χ3v) is 12.4. The molecule has 60 heavy (non-hydrogen) atoms. The first-order valence-corrected chi connectivity index (χ1v) is 22.2. The van der Waals surface area contributed by atoms with Crippen molar-refractivity contribution in [2.45, 2.75) is 172 Å². The number of carboxylic acids is 1. The van der Waals surface area contributed by atoms with Crippen molar-refractivity contribution in [3.8, 4) is 17.6 Å². The van der Waals surface area contributed by atoms with Crippen molar-refractivity contribution in [3.63, 3.8) is 0 Å². The Hall–Kier alpha value is -3.57. The van der Waals surface area contributed by atoms with Gasteiger partial charge >= 0.3 is 5.97 Å². The second kappa shape index (κ2) is 24.8. The standard InChI is InChI=1S/C49H72N2O9/c1-4-5-18-45(56)46(57)25-23-36-21-20-35-13-7-6-12-34(35)14-9-19-47(49(3,60)31-39-22-24-40(54)28-37(39)26-27-52)51-44(42(36)30-41(55)32-53)17-10-16-43-38(29-48(58)59)15-8-11-33(2)50-43/h6-7,12-13,22-25,28,33,38,41,43-47,50-57,60H,4-5,8,10-11,15-21,26-27,29-32H2,1-3H3,(H,58,59)/t33-,38+,41-,43+,44-,45-,46+,47+,49-/m0/s1. The summed E-state index contributed by atoms with van der Waals surface area (Å²) in [5, 5.41) is 93.4. The second-order valence-corrected chi connectivity index (χ2v) is 17.4. The number of aliphatic carboxylic acids is 1. The number of rotatable bonds is 20. The number of aryl methyl sites for hydroxylation is 1.